The van der Waals surface area contributed by atoms with E-state index in [1.54, 1.807) is 32.5 Å². The number of H-pyrrole nitrogens is 1. The minimum absolute atomic E-state index is 0.0137. The highest BCUT2D eigenvalue weighted by molar-refractivity contribution is 5.98. The maximum atomic E-state index is 12.9. The molecule has 0 saturated carbocycles. The van der Waals surface area contributed by atoms with Crippen molar-refractivity contribution < 1.29 is 14.3 Å². The number of nitrogens with one attached hydrogen (secondary N) is 1. The Bertz CT molecular complexity index is 685. The summed E-state index contributed by atoms with van der Waals surface area (Å²) in [6.45, 7) is 2.58. The highest BCUT2D eigenvalue weighted by Gasteiger charge is 2.27. The normalized spacial score (nSPS) is 18.3. The van der Waals surface area contributed by atoms with Crippen LogP contribution in [-0.2, 0) is 6.54 Å². The molecule has 1 aliphatic rings. The number of benzene rings is 1. The Labute approximate surface area is 141 Å². The van der Waals surface area contributed by atoms with Crippen LogP contribution in [0.3, 0.4) is 0 Å². The second-order valence-corrected chi connectivity index (χ2v) is 6.09. The number of aromatic amines is 1. The summed E-state index contributed by atoms with van der Waals surface area (Å²) in [5.41, 5.74) is 1.76. The van der Waals surface area contributed by atoms with Gasteiger partial charge in [0.15, 0.2) is 17.3 Å². The zero-order chi connectivity index (χ0) is 16.9. The van der Waals surface area contributed by atoms with Gasteiger partial charge in [-0.2, -0.15) is 5.10 Å². The standard InChI is InChI=1S/C18H23N3O3/c1-23-16-6-5-13(10-17(16)24-2)18(22)14-4-3-9-21(11-14)12-15-7-8-19-20-15/h5-8,10,14H,3-4,9,11-12H2,1-2H3,(H,19,20)/t14-/m0/s1. The Kier molecular flexibility index (Phi) is 5.15. The van der Waals surface area contributed by atoms with Gasteiger partial charge in [0.25, 0.3) is 0 Å². The fourth-order valence-electron chi connectivity index (χ4n) is 3.25. The van der Waals surface area contributed by atoms with Crippen molar-refractivity contribution in [2.45, 2.75) is 19.4 Å². The van der Waals surface area contributed by atoms with Gasteiger partial charge in [-0.1, -0.05) is 0 Å². The maximum absolute atomic E-state index is 12.9. The molecule has 1 aromatic carbocycles. The first-order valence-corrected chi connectivity index (χ1v) is 8.18. The summed E-state index contributed by atoms with van der Waals surface area (Å²) in [4.78, 5) is 15.2. The number of likely N-dealkylation sites (tertiary alicyclic amines) is 1. The third-order valence-corrected chi connectivity index (χ3v) is 4.50. The minimum Gasteiger partial charge on any atom is -0.493 e. The molecule has 1 aromatic heterocycles. The topological polar surface area (TPSA) is 67.5 Å². The number of hydrogen-bond acceptors (Lipinski definition) is 5. The van der Waals surface area contributed by atoms with Crippen LogP contribution < -0.4 is 9.47 Å². The summed E-state index contributed by atoms with van der Waals surface area (Å²) in [6, 6.07) is 7.35. The number of methoxy groups -OCH3 is 2. The summed E-state index contributed by atoms with van der Waals surface area (Å²) < 4.78 is 10.5. The first-order valence-electron chi connectivity index (χ1n) is 8.18. The first kappa shape index (κ1) is 16.5. The molecule has 2 heterocycles. The molecule has 0 amide bonds. The van der Waals surface area contributed by atoms with Crippen molar-refractivity contribution in [3.63, 3.8) is 0 Å². The number of piperidine rings is 1. The lowest BCUT2D eigenvalue weighted by Gasteiger charge is -2.31. The highest BCUT2D eigenvalue weighted by atomic mass is 16.5. The predicted octanol–water partition coefficient (Wildman–Crippen LogP) is 2.52. The van der Waals surface area contributed by atoms with Crippen LogP contribution in [0.2, 0.25) is 0 Å². The van der Waals surface area contributed by atoms with Crippen molar-refractivity contribution in [1.82, 2.24) is 15.1 Å². The fourth-order valence-corrected chi connectivity index (χ4v) is 3.25. The van der Waals surface area contributed by atoms with Gasteiger partial charge in [0.1, 0.15) is 0 Å². The molecule has 6 nitrogen and oxygen atoms in total. The lowest BCUT2D eigenvalue weighted by atomic mass is 9.89. The van der Waals surface area contributed by atoms with E-state index in [4.69, 9.17) is 9.47 Å². The molecule has 0 spiro atoms. The van der Waals surface area contributed by atoms with Gasteiger partial charge in [-0.3, -0.25) is 14.8 Å². The molecule has 128 valence electrons. The van der Waals surface area contributed by atoms with Gasteiger partial charge in [-0.05, 0) is 43.7 Å². The van der Waals surface area contributed by atoms with Gasteiger partial charge in [0.05, 0.1) is 14.2 Å². The van der Waals surface area contributed by atoms with Crippen LogP contribution in [0.5, 0.6) is 11.5 Å². The van der Waals surface area contributed by atoms with E-state index < -0.39 is 0 Å². The predicted molar refractivity (Wildman–Crippen MR) is 90.5 cm³/mol. The lowest BCUT2D eigenvalue weighted by Crippen LogP contribution is -2.38. The molecule has 1 fully saturated rings. The molecule has 0 unspecified atom stereocenters. The quantitative estimate of drug-likeness (QED) is 0.825. The van der Waals surface area contributed by atoms with Crippen LogP contribution in [0.25, 0.3) is 0 Å². The number of Topliss-reactive ketones (excluding diaryl/α,β-unsaturated/α-hetero) is 1. The third-order valence-electron chi connectivity index (χ3n) is 4.50. The highest BCUT2D eigenvalue weighted by Crippen LogP contribution is 2.30. The molecule has 1 N–H and O–H groups in total. The van der Waals surface area contributed by atoms with E-state index in [1.807, 2.05) is 12.1 Å². The largest absolute Gasteiger partial charge is 0.493 e. The Hall–Kier alpha value is -2.34. The number of hydrogen-bond donors (Lipinski definition) is 1. The Morgan fingerprint density at radius 2 is 2.12 bits per heavy atom. The molecule has 3 rings (SSSR count). The van der Waals surface area contributed by atoms with E-state index in [0.717, 1.165) is 38.2 Å². The molecule has 2 aromatic rings. The summed E-state index contributed by atoms with van der Waals surface area (Å²) in [5, 5.41) is 6.96. The van der Waals surface area contributed by atoms with E-state index in [0.29, 0.717) is 17.1 Å². The summed E-state index contributed by atoms with van der Waals surface area (Å²) in [7, 11) is 3.17. The van der Waals surface area contributed by atoms with Crippen LogP contribution in [0, 0.1) is 5.92 Å². The number of ether oxygens (including phenoxy) is 2. The van der Waals surface area contributed by atoms with Gasteiger partial charge >= 0.3 is 0 Å². The average Bonchev–Trinajstić information content (AvgIpc) is 3.13. The molecule has 0 radical (unpaired) electrons. The molecule has 1 aliphatic heterocycles. The number of nitrogens with zero attached hydrogens (tertiary/aromatic N) is 2. The number of carbonyl (C=O) groups is 1. The summed E-state index contributed by atoms with van der Waals surface area (Å²) >= 11 is 0. The molecule has 1 atom stereocenters. The van der Waals surface area contributed by atoms with Crippen molar-refractivity contribution in [3.8, 4) is 11.5 Å². The average molecular weight is 329 g/mol. The van der Waals surface area contributed by atoms with Crippen LogP contribution in [0.1, 0.15) is 28.9 Å². The van der Waals surface area contributed by atoms with E-state index in [1.165, 1.54) is 0 Å². The van der Waals surface area contributed by atoms with Crippen LogP contribution in [-0.4, -0.2) is 48.2 Å². The van der Waals surface area contributed by atoms with E-state index in [2.05, 4.69) is 15.1 Å². The number of aromatic nitrogens is 2. The molecular weight excluding hydrogens is 306 g/mol. The zero-order valence-electron chi connectivity index (χ0n) is 14.1. The Morgan fingerprint density at radius 3 is 2.83 bits per heavy atom. The molecule has 24 heavy (non-hydrogen) atoms. The van der Waals surface area contributed by atoms with Gasteiger partial charge in [0, 0.05) is 36.5 Å². The van der Waals surface area contributed by atoms with Crippen molar-refractivity contribution in [3.05, 3.63) is 41.7 Å². The van der Waals surface area contributed by atoms with Gasteiger partial charge in [-0.25, -0.2) is 0 Å². The first-order chi connectivity index (χ1) is 11.7. The Balaban J connectivity index is 1.70. The molecule has 0 bridgehead atoms. The molecule has 6 heteroatoms. The molecule has 0 aliphatic carbocycles. The monoisotopic (exact) mass is 329 g/mol. The zero-order valence-corrected chi connectivity index (χ0v) is 14.1. The van der Waals surface area contributed by atoms with Crippen LogP contribution in [0.4, 0.5) is 0 Å². The summed E-state index contributed by atoms with van der Waals surface area (Å²) in [5.74, 6) is 1.41. The second kappa shape index (κ2) is 7.49. The van der Waals surface area contributed by atoms with Crippen molar-refractivity contribution in [1.29, 1.82) is 0 Å². The van der Waals surface area contributed by atoms with Gasteiger partial charge in [0.2, 0.25) is 0 Å². The van der Waals surface area contributed by atoms with Crippen molar-refractivity contribution >= 4 is 5.78 Å². The number of carbonyl (C=O) groups excluding carboxylic acids is 1. The second-order valence-electron chi connectivity index (χ2n) is 6.09. The van der Waals surface area contributed by atoms with Gasteiger partial charge in [-0.15, -0.1) is 0 Å². The van der Waals surface area contributed by atoms with Crippen LogP contribution in [0.15, 0.2) is 30.5 Å². The number of rotatable bonds is 6. The van der Waals surface area contributed by atoms with Gasteiger partial charge < -0.3 is 9.47 Å². The molecule has 1 saturated heterocycles. The molecular formula is C18H23N3O3. The van der Waals surface area contributed by atoms with E-state index >= 15 is 0 Å². The van der Waals surface area contributed by atoms with Crippen LogP contribution >= 0.6 is 0 Å². The minimum atomic E-state index is 0.0137. The number of ketones is 1. The summed E-state index contributed by atoms with van der Waals surface area (Å²) in [6.07, 6.45) is 3.70. The maximum Gasteiger partial charge on any atom is 0.167 e. The lowest BCUT2D eigenvalue weighted by molar-refractivity contribution is 0.0809. The fraction of sp³-hybridized carbons (Fsp3) is 0.444. The third kappa shape index (κ3) is 3.59. The SMILES string of the molecule is COc1ccc(C(=O)[C@H]2CCCN(Cc3ccn[nH]3)C2)cc1OC. The van der Waals surface area contributed by atoms with Crippen molar-refractivity contribution in [2.75, 3.05) is 27.3 Å². The Morgan fingerprint density at radius 1 is 1.29 bits per heavy atom. The van der Waals surface area contributed by atoms with Crippen molar-refractivity contribution in [2.24, 2.45) is 5.92 Å². The smallest absolute Gasteiger partial charge is 0.167 e. The van der Waals surface area contributed by atoms with E-state index in [-0.39, 0.29) is 11.7 Å². The van der Waals surface area contributed by atoms with E-state index in [9.17, 15) is 4.79 Å².